The first kappa shape index (κ1) is 46.5. The van der Waals surface area contributed by atoms with Crippen molar-refractivity contribution in [3.05, 3.63) is 179 Å². The highest BCUT2D eigenvalue weighted by atomic mass is 28.3. The van der Waals surface area contributed by atoms with Gasteiger partial charge in [-0.25, -0.2) is 0 Å². The van der Waals surface area contributed by atoms with E-state index in [9.17, 15) is 0 Å². The van der Waals surface area contributed by atoms with Gasteiger partial charge >= 0.3 is 0 Å². The molecule has 6 rings (SSSR count). The Morgan fingerprint density at radius 2 is 0.548 bits per heavy atom. The summed E-state index contributed by atoms with van der Waals surface area (Å²) in [7, 11) is -3.55. The van der Waals surface area contributed by atoms with Crippen LogP contribution in [0.25, 0.3) is 36.5 Å². The first-order chi connectivity index (χ1) is 30.3. The third kappa shape index (κ3) is 11.1. The molecule has 0 aliphatic heterocycles. The third-order valence-electron chi connectivity index (χ3n) is 14.4. The molecule has 0 aromatic heterocycles. The van der Waals surface area contributed by atoms with E-state index in [0.717, 1.165) is 17.1 Å². The normalized spacial score (nSPS) is 12.3. The summed E-state index contributed by atoms with van der Waals surface area (Å²) >= 11 is 0. The lowest BCUT2D eigenvalue weighted by atomic mass is 10.1. The summed E-state index contributed by atoms with van der Waals surface area (Å²) in [6.07, 6.45) is 13.4. The van der Waals surface area contributed by atoms with E-state index in [0.29, 0.717) is 0 Å². The van der Waals surface area contributed by atoms with Crippen LogP contribution in [0.15, 0.2) is 146 Å². The Hall–Kier alpha value is -5.01. The Bertz CT molecular complexity index is 2210. The van der Waals surface area contributed by atoms with Gasteiger partial charge in [-0.15, -0.1) is 0 Å². The van der Waals surface area contributed by atoms with Gasteiger partial charge in [0.25, 0.3) is 0 Å². The monoisotopic (exact) mass is 865 g/mol. The molecule has 0 N–H and O–H groups in total. The van der Waals surface area contributed by atoms with Crippen LogP contribution < -0.4 is 20.5 Å². The molecule has 0 saturated carbocycles. The topological polar surface area (TPSA) is 3.24 Å². The molecule has 0 fully saturated rings. The van der Waals surface area contributed by atoms with Crippen molar-refractivity contribution in [3.63, 3.8) is 0 Å². The van der Waals surface area contributed by atoms with E-state index in [2.05, 4.69) is 242 Å². The van der Waals surface area contributed by atoms with E-state index in [1.165, 1.54) is 81.7 Å². The Morgan fingerprint density at radius 1 is 0.323 bits per heavy atom. The Kier molecular flexibility index (Phi) is 16.8. The molecule has 0 bridgehead atoms. The largest absolute Gasteiger partial charge is 0.311 e. The summed E-state index contributed by atoms with van der Waals surface area (Å²) in [4.78, 5) is 2.36. The van der Waals surface area contributed by atoms with Gasteiger partial charge in [-0.2, -0.15) is 0 Å². The summed E-state index contributed by atoms with van der Waals surface area (Å²) in [5.41, 5.74) is 10.7. The average molecular weight is 866 g/mol. The van der Waals surface area contributed by atoms with Crippen LogP contribution in [0.2, 0.25) is 48.4 Å². The second-order valence-corrected chi connectivity index (χ2v) is 31.4. The second kappa shape index (κ2) is 22.4. The maximum atomic E-state index is 2.40. The predicted octanol–water partition coefficient (Wildman–Crippen LogP) is 15.6. The molecule has 6 aromatic rings. The highest BCUT2D eigenvalue weighted by Crippen LogP contribution is 2.35. The molecule has 0 spiro atoms. The molecule has 0 atom stereocenters. The fraction of sp³-hybridized carbons (Fsp3) is 0.276. The highest BCUT2D eigenvalue weighted by molar-refractivity contribution is 6.92. The minimum Gasteiger partial charge on any atom is -0.311 e. The van der Waals surface area contributed by atoms with Gasteiger partial charge in [0.15, 0.2) is 0 Å². The van der Waals surface area contributed by atoms with Crippen LogP contribution in [0, 0.1) is 0 Å². The third-order valence-corrected chi connectivity index (χ3v) is 28.9. The minimum atomic E-state index is -1.37. The van der Waals surface area contributed by atoms with Crippen molar-refractivity contribution < 1.29 is 0 Å². The van der Waals surface area contributed by atoms with Crippen molar-refractivity contribution in [3.8, 4) is 0 Å². The van der Waals surface area contributed by atoms with Crippen molar-refractivity contribution in [1.29, 1.82) is 0 Å². The molecule has 0 radical (unpaired) electrons. The summed E-state index contributed by atoms with van der Waals surface area (Å²) in [5, 5.41) is 4.76. The van der Waals surface area contributed by atoms with Gasteiger partial charge in [0, 0.05) is 17.1 Å². The van der Waals surface area contributed by atoms with Crippen molar-refractivity contribution >= 4 is 94.0 Å². The van der Waals surface area contributed by atoms with E-state index in [-0.39, 0.29) is 0 Å². The van der Waals surface area contributed by atoms with Crippen LogP contribution >= 0.6 is 0 Å². The second-order valence-electron chi connectivity index (χ2n) is 17.2. The lowest BCUT2D eigenvalue weighted by Crippen LogP contribution is -2.45. The zero-order valence-electron chi connectivity index (χ0n) is 39.0. The van der Waals surface area contributed by atoms with Gasteiger partial charge in [-0.1, -0.05) is 265 Å². The molecular formula is C58H71NSi3. The van der Waals surface area contributed by atoms with E-state index in [1.807, 2.05) is 0 Å². The predicted molar refractivity (Wildman–Crippen MR) is 289 cm³/mol. The molecule has 0 aliphatic carbocycles. The summed E-state index contributed by atoms with van der Waals surface area (Å²) in [6, 6.07) is 65.5. The van der Waals surface area contributed by atoms with Crippen molar-refractivity contribution in [2.24, 2.45) is 0 Å². The van der Waals surface area contributed by atoms with Gasteiger partial charge in [-0.05, 0) is 69.8 Å². The van der Waals surface area contributed by atoms with Gasteiger partial charge in [-0.3, -0.25) is 0 Å². The van der Waals surface area contributed by atoms with Crippen molar-refractivity contribution in [2.45, 2.75) is 104 Å². The number of anilines is 3. The average Bonchev–Trinajstić information content (AvgIpc) is 3.34. The molecule has 320 valence electrons. The van der Waals surface area contributed by atoms with Gasteiger partial charge in [0.05, 0.1) is 24.9 Å². The highest BCUT2D eigenvalue weighted by Gasteiger charge is 2.29. The summed E-state index contributed by atoms with van der Waals surface area (Å²) in [5.74, 6) is 0. The molecule has 6 aromatic carbocycles. The van der Waals surface area contributed by atoms with Crippen LogP contribution in [0.5, 0.6) is 0 Å². The van der Waals surface area contributed by atoms with E-state index in [1.54, 1.807) is 15.6 Å². The first-order valence-corrected chi connectivity index (χ1v) is 31.2. The molecule has 0 heterocycles. The van der Waals surface area contributed by atoms with Crippen molar-refractivity contribution in [1.82, 2.24) is 0 Å². The van der Waals surface area contributed by atoms with Gasteiger partial charge in [0.1, 0.15) is 0 Å². The lowest BCUT2D eigenvalue weighted by molar-refractivity contribution is 1.19. The quantitative estimate of drug-likeness (QED) is 0.0546. The zero-order chi connectivity index (χ0) is 44.0. The molecule has 4 heteroatoms. The smallest absolute Gasteiger partial charge is 0.0859 e. The van der Waals surface area contributed by atoms with E-state index >= 15 is 0 Å². The summed E-state index contributed by atoms with van der Waals surface area (Å²) < 4.78 is 0. The molecule has 0 saturated heterocycles. The molecule has 1 nitrogen and oxygen atoms in total. The number of rotatable bonds is 20. The SMILES string of the molecule is CC[SiH](CC)c1ccc(C=Cc2ccc(N(c3ccc(C=Cc4ccc([Si](CC)(CC)CC)cc4)cc3)c3ccc(C=Cc4ccc([Si](CC)(CC)CC)cc4)cc3)cc2)cc1. The van der Waals surface area contributed by atoms with Crippen LogP contribution in [-0.2, 0) is 0 Å². The number of hydrogen-bond donors (Lipinski definition) is 0. The number of nitrogens with zero attached hydrogens (tertiary/aromatic N) is 1. The van der Waals surface area contributed by atoms with Gasteiger partial charge < -0.3 is 4.90 Å². The summed E-state index contributed by atoms with van der Waals surface area (Å²) in [6.45, 7) is 19.0. The minimum absolute atomic E-state index is 0.811. The van der Waals surface area contributed by atoms with Crippen LogP contribution in [-0.4, -0.2) is 24.9 Å². The lowest BCUT2D eigenvalue weighted by Gasteiger charge is -2.28. The number of benzene rings is 6. The first-order valence-electron chi connectivity index (χ1n) is 23.7. The van der Waals surface area contributed by atoms with E-state index in [4.69, 9.17) is 0 Å². The molecule has 62 heavy (non-hydrogen) atoms. The fourth-order valence-corrected chi connectivity index (χ4v) is 18.9. The Labute approximate surface area is 379 Å². The van der Waals surface area contributed by atoms with E-state index < -0.39 is 24.9 Å². The Balaban J connectivity index is 1.23. The molecular weight excluding hydrogens is 795 g/mol. The maximum absolute atomic E-state index is 2.40. The van der Waals surface area contributed by atoms with Crippen LogP contribution in [0.4, 0.5) is 17.1 Å². The van der Waals surface area contributed by atoms with Gasteiger partial charge in [0.2, 0.25) is 0 Å². The molecule has 0 amide bonds. The molecule has 0 aliphatic rings. The standard InChI is InChI=1S/C58H71NSi3/c1-9-60(10-2)56-41-29-50(30-42-56)20-17-47-23-35-53(36-24-47)59(54-37-25-48(26-38-54)18-21-51-31-43-57(44-32-51)61(11-3,12-4)13-5)55-39-27-49(28-40-55)19-22-52-33-45-58(46-34-52)62(14-6,15-7)16-8/h17-46,60H,9-16H2,1-8H3. The molecule has 0 unspecified atom stereocenters. The van der Waals surface area contributed by atoms with Crippen molar-refractivity contribution in [2.75, 3.05) is 4.90 Å². The zero-order valence-corrected chi connectivity index (χ0v) is 42.2. The maximum Gasteiger partial charge on any atom is 0.0859 e. The Morgan fingerprint density at radius 3 is 0.774 bits per heavy atom. The van der Waals surface area contributed by atoms with Crippen LogP contribution in [0.1, 0.15) is 88.8 Å². The fourth-order valence-electron chi connectivity index (χ4n) is 9.49. The number of hydrogen-bond acceptors (Lipinski definition) is 1. The van der Waals surface area contributed by atoms with Crippen LogP contribution in [0.3, 0.4) is 0 Å².